The summed E-state index contributed by atoms with van der Waals surface area (Å²) in [7, 11) is -4.17. The first-order valence-corrected chi connectivity index (χ1v) is 8.20. The van der Waals surface area contributed by atoms with Gasteiger partial charge in [-0.15, -0.1) is 11.3 Å². The number of thiophene rings is 1. The van der Waals surface area contributed by atoms with Crippen LogP contribution >= 0.6 is 11.3 Å². The molecule has 1 aliphatic rings. The molecule has 1 aromatic heterocycles. The number of aromatic hydroxyl groups is 1. The van der Waals surface area contributed by atoms with Crippen LogP contribution in [0, 0.1) is 13.5 Å². The zero-order valence-corrected chi connectivity index (χ0v) is 12.5. The highest BCUT2D eigenvalue weighted by atomic mass is 32.2. The molecule has 1 aromatic rings. The monoisotopic (exact) mass is 319 g/mol. The lowest BCUT2D eigenvalue weighted by atomic mass is 9.98. The van der Waals surface area contributed by atoms with E-state index >= 15 is 0 Å². The molecule has 20 heavy (non-hydrogen) atoms. The lowest BCUT2D eigenvalue weighted by Gasteiger charge is -2.34. The minimum atomic E-state index is -4.17. The summed E-state index contributed by atoms with van der Waals surface area (Å²) >= 11 is 0.857. The van der Waals surface area contributed by atoms with E-state index in [1.807, 2.05) is 0 Å². The first-order chi connectivity index (χ1) is 9.19. The van der Waals surface area contributed by atoms with Crippen molar-refractivity contribution in [3.05, 3.63) is 15.3 Å². The summed E-state index contributed by atoms with van der Waals surface area (Å²) in [6, 6.07) is -1.20. The van der Waals surface area contributed by atoms with Gasteiger partial charge in [0, 0.05) is 10.4 Å². The van der Waals surface area contributed by atoms with Gasteiger partial charge in [0.25, 0.3) is 22.2 Å². The Balaban J connectivity index is 2.83. The molecule has 2 unspecified atom stereocenters. The molecule has 0 saturated heterocycles. The van der Waals surface area contributed by atoms with E-state index in [1.54, 1.807) is 13.8 Å². The molecule has 1 aliphatic heterocycles. The van der Waals surface area contributed by atoms with Crippen LogP contribution in [0.5, 0.6) is 5.75 Å². The third-order valence-electron chi connectivity index (χ3n) is 3.23. The first-order valence-electron chi connectivity index (χ1n) is 5.83. The van der Waals surface area contributed by atoms with Crippen LogP contribution in [0.1, 0.15) is 23.4 Å². The molecule has 0 bridgehead atoms. The molecule has 2 atom stereocenters. The van der Waals surface area contributed by atoms with Crippen LogP contribution in [-0.4, -0.2) is 41.4 Å². The maximum Gasteiger partial charge on any atom is 0.427 e. The van der Waals surface area contributed by atoms with Gasteiger partial charge in [-0.2, -0.15) is 0 Å². The molecule has 4 N–H and O–H groups in total. The van der Waals surface area contributed by atoms with Gasteiger partial charge in [-0.25, -0.2) is 8.42 Å². The third kappa shape index (κ3) is 1.84. The van der Waals surface area contributed by atoms with Gasteiger partial charge in [0.1, 0.15) is 16.0 Å². The number of nitrogens with one attached hydrogen (secondary N) is 1. The van der Waals surface area contributed by atoms with E-state index in [0.29, 0.717) is 11.4 Å². The predicted molar refractivity (Wildman–Crippen MR) is 73.6 cm³/mol. The summed E-state index contributed by atoms with van der Waals surface area (Å²) in [4.78, 5) is 3.49. The van der Waals surface area contributed by atoms with Gasteiger partial charge >= 0.3 is 5.37 Å². The van der Waals surface area contributed by atoms with Gasteiger partial charge in [0.05, 0.1) is 0 Å². The number of hydrogen-bond acceptors (Lipinski definition) is 7. The second-order valence-electron chi connectivity index (χ2n) is 4.53. The quantitative estimate of drug-likeness (QED) is 0.578. The van der Waals surface area contributed by atoms with E-state index in [1.165, 1.54) is 0 Å². The van der Waals surface area contributed by atoms with Crippen molar-refractivity contribution in [2.45, 2.75) is 35.3 Å². The minimum Gasteiger partial charge on any atom is -0.506 e. The number of hydrogen-bond donors (Lipinski definition) is 4. The fourth-order valence-corrected chi connectivity index (χ4v) is 5.72. The largest absolute Gasteiger partial charge is 0.506 e. The number of aliphatic hydroxyl groups is 2. The number of likely N-dealkylation sites (N-methyl/N-ethyl adjacent to an activating group) is 1. The van der Waals surface area contributed by atoms with E-state index in [4.69, 9.17) is 6.57 Å². The van der Waals surface area contributed by atoms with Crippen molar-refractivity contribution in [3.8, 4) is 12.3 Å². The number of rotatable bonds is 2. The fourth-order valence-electron chi connectivity index (χ4n) is 2.33. The highest BCUT2D eigenvalue weighted by Gasteiger charge is 2.64. The standard InChI is InChI=1S/C11H14N2O5S2/c1-4-13-8-6-7(14)5(2)19-9(6)20(17,18)10(12-3)11(8,15)16/h3,8,10,13,15-16H,4H2,1-2H3/p+1. The second-order valence-corrected chi connectivity index (χ2v) is 7.96. The topological polar surface area (TPSA) is 111 Å². The third-order valence-corrected chi connectivity index (χ3v) is 6.87. The molecule has 0 radical (unpaired) electrons. The molecule has 2 rings (SSSR count). The van der Waals surface area contributed by atoms with Crippen LogP contribution in [0.15, 0.2) is 4.21 Å². The van der Waals surface area contributed by atoms with Crippen molar-refractivity contribution < 1.29 is 23.7 Å². The van der Waals surface area contributed by atoms with E-state index in [0.717, 1.165) is 11.3 Å². The van der Waals surface area contributed by atoms with Crippen molar-refractivity contribution in [2.24, 2.45) is 0 Å². The molecule has 0 aromatic carbocycles. The lowest BCUT2D eigenvalue weighted by molar-refractivity contribution is -0.181. The van der Waals surface area contributed by atoms with Crippen molar-refractivity contribution in [2.75, 3.05) is 6.54 Å². The van der Waals surface area contributed by atoms with E-state index in [9.17, 15) is 23.7 Å². The van der Waals surface area contributed by atoms with Gasteiger partial charge in [-0.3, -0.25) is 0 Å². The summed E-state index contributed by atoms with van der Waals surface area (Å²) in [5.41, 5.74) is -0.0424. The molecule has 110 valence electrons. The summed E-state index contributed by atoms with van der Waals surface area (Å²) in [6.45, 7) is 8.64. The van der Waals surface area contributed by atoms with Crippen molar-refractivity contribution in [1.82, 2.24) is 5.32 Å². The number of fused-ring (bicyclic) bond motifs is 1. The average molecular weight is 319 g/mol. The highest BCUT2D eigenvalue weighted by Crippen LogP contribution is 2.50. The van der Waals surface area contributed by atoms with Crippen LogP contribution < -0.4 is 5.32 Å². The van der Waals surface area contributed by atoms with Crippen LogP contribution in [0.25, 0.3) is 4.85 Å². The molecule has 0 amide bonds. The molecule has 9 heteroatoms. The molecule has 0 aliphatic carbocycles. The van der Waals surface area contributed by atoms with E-state index < -0.39 is 27.0 Å². The van der Waals surface area contributed by atoms with Gasteiger partial charge in [-0.05, 0) is 13.5 Å². The Labute approximate surface area is 120 Å². The highest BCUT2D eigenvalue weighted by molar-refractivity contribution is 7.94. The van der Waals surface area contributed by atoms with Gasteiger partial charge < -0.3 is 20.6 Å². The summed E-state index contributed by atoms with van der Waals surface area (Å²) < 4.78 is 24.5. The molecule has 0 fully saturated rings. The molecular formula is C11H15N2O5S2+. The summed E-state index contributed by atoms with van der Waals surface area (Å²) in [5, 5.41) is 31.2. The smallest absolute Gasteiger partial charge is 0.427 e. The van der Waals surface area contributed by atoms with Gasteiger partial charge in [0.15, 0.2) is 0 Å². The van der Waals surface area contributed by atoms with Gasteiger partial charge in [-0.1, -0.05) is 11.8 Å². The van der Waals surface area contributed by atoms with Crippen LogP contribution in [-0.2, 0) is 9.84 Å². The maximum absolute atomic E-state index is 12.3. The van der Waals surface area contributed by atoms with Crippen LogP contribution in [0.2, 0.25) is 0 Å². The van der Waals surface area contributed by atoms with Crippen molar-refractivity contribution >= 4 is 21.2 Å². The Bertz CT molecular complexity index is 686. The van der Waals surface area contributed by atoms with Crippen LogP contribution in [0.3, 0.4) is 0 Å². The SMILES string of the molecule is C#[N+]C1C(O)(O)C(NCC)c2c(sc(C)c2O)S1(=O)=O. The molecule has 0 spiro atoms. The Morgan fingerprint density at radius 2 is 2.10 bits per heavy atom. The second kappa shape index (κ2) is 4.68. The minimum absolute atomic E-state index is 0.0424. The Hall–Kier alpha value is -1.18. The average Bonchev–Trinajstić information content (AvgIpc) is 2.63. The zero-order chi connectivity index (χ0) is 15.3. The van der Waals surface area contributed by atoms with Crippen LogP contribution in [0.4, 0.5) is 0 Å². The van der Waals surface area contributed by atoms with E-state index in [2.05, 4.69) is 10.2 Å². The Morgan fingerprint density at radius 3 is 2.60 bits per heavy atom. The van der Waals surface area contributed by atoms with Crippen molar-refractivity contribution in [1.29, 1.82) is 0 Å². The summed E-state index contributed by atoms with van der Waals surface area (Å²) in [6.07, 6.45) is 0. The molecule has 2 heterocycles. The molecule has 0 saturated carbocycles. The lowest BCUT2D eigenvalue weighted by Crippen LogP contribution is -2.56. The normalized spacial score (nSPS) is 26.8. The Kier molecular flexibility index (Phi) is 3.56. The number of nitrogens with zero attached hydrogens (tertiary/aromatic N) is 1. The maximum atomic E-state index is 12.3. The first kappa shape index (κ1) is 15.2. The molecular weight excluding hydrogens is 304 g/mol. The van der Waals surface area contributed by atoms with Crippen molar-refractivity contribution in [3.63, 3.8) is 0 Å². The van der Waals surface area contributed by atoms with Gasteiger partial charge in [0.2, 0.25) is 0 Å². The Morgan fingerprint density at radius 1 is 1.50 bits per heavy atom. The predicted octanol–water partition coefficient (Wildman–Crippen LogP) is 0.170. The van der Waals surface area contributed by atoms with E-state index in [-0.39, 0.29) is 15.5 Å². The number of sulfone groups is 1. The zero-order valence-electron chi connectivity index (χ0n) is 10.9. The number of aryl methyl sites for hydroxylation is 1. The molecule has 7 nitrogen and oxygen atoms in total. The summed E-state index contributed by atoms with van der Waals surface area (Å²) in [5.74, 6) is -3.01. The fraction of sp³-hybridized carbons (Fsp3) is 0.545.